The summed E-state index contributed by atoms with van der Waals surface area (Å²) in [5.41, 5.74) is 1.01. The molecule has 1 amide bonds. The van der Waals surface area contributed by atoms with Crippen LogP contribution in [0.5, 0.6) is 0 Å². The van der Waals surface area contributed by atoms with Crippen molar-refractivity contribution in [2.24, 2.45) is 5.92 Å². The van der Waals surface area contributed by atoms with Crippen LogP contribution in [0.25, 0.3) is 10.9 Å². The van der Waals surface area contributed by atoms with Gasteiger partial charge in [-0.05, 0) is 55.2 Å². The maximum absolute atomic E-state index is 12.8. The van der Waals surface area contributed by atoms with Gasteiger partial charge in [0.15, 0.2) is 0 Å². The molecule has 1 aliphatic heterocycles. The second-order valence-electron chi connectivity index (χ2n) is 7.57. The van der Waals surface area contributed by atoms with Crippen molar-refractivity contribution in [2.75, 3.05) is 23.3 Å². The number of piperidine rings is 1. The van der Waals surface area contributed by atoms with Gasteiger partial charge in [0.1, 0.15) is 12.4 Å². The third-order valence-electron chi connectivity index (χ3n) is 5.25. The van der Waals surface area contributed by atoms with Crippen LogP contribution in [0.2, 0.25) is 0 Å². The van der Waals surface area contributed by atoms with Gasteiger partial charge in [-0.2, -0.15) is 4.98 Å². The SMILES string of the molecule is CC1CCCN(c2nc(=O)n(CC(=O)Nc3ccc(Br)cc3)c3ccccc23)C1. The first-order valence-corrected chi connectivity index (χ1v) is 10.6. The molecule has 1 aliphatic rings. The number of nitrogens with zero attached hydrogens (tertiary/aromatic N) is 3. The fraction of sp³-hybridized carbons (Fsp3) is 0.318. The summed E-state index contributed by atoms with van der Waals surface area (Å²) in [4.78, 5) is 32.0. The van der Waals surface area contributed by atoms with E-state index in [1.165, 1.54) is 11.0 Å². The van der Waals surface area contributed by atoms with E-state index in [0.29, 0.717) is 11.6 Å². The van der Waals surface area contributed by atoms with Crippen molar-refractivity contribution in [3.63, 3.8) is 0 Å². The van der Waals surface area contributed by atoms with Crippen LogP contribution in [0.15, 0.2) is 57.8 Å². The molecule has 1 N–H and O–H groups in total. The maximum Gasteiger partial charge on any atom is 0.350 e. The molecule has 2 aromatic carbocycles. The van der Waals surface area contributed by atoms with E-state index in [1.807, 2.05) is 48.5 Å². The maximum atomic E-state index is 12.8. The van der Waals surface area contributed by atoms with E-state index < -0.39 is 5.69 Å². The Hall–Kier alpha value is -2.67. The number of nitrogens with one attached hydrogen (secondary N) is 1. The standard InChI is InChI=1S/C22H23BrN4O2/c1-15-5-4-12-26(13-15)21-18-6-2-3-7-19(18)27(22(29)25-21)14-20(28)24-17-10-8-16(23)9-11-17/h2-3,6-11,15H,4-5,12-14H2,1H3,(H,24,28). The molecule has 1 aromatic heterocycles. The lowest BCUT2D eigenvalue weighted by atomic mass is 10.00. The molecule has 1 atom stereocenters. The Kier molecular flexibility index (Phi) is 5.67. The molecule has 150 valence electrons. The molecule has 0 radical (unpaired) electrons. The van der Waals surface area contributed by atoms with Gasteiger partial charge >= 0.3 is 5.69 Å². The number of carbonyl (C=O) groups excluding carboxylic acids is 1. The van der Waals surface area contributed by atoms with E-state index in [9.17, 15) is 9.59 Å². The van der Waals surface area contributed by atoms with Crippen molar-refractivity contribution in [2.45, 2.75) is 26.3 Å². The number of anilines is 2. The Balaban J connectivity index is 1.65. The molecular formula is C22H23BrN4O2. The highest BCUT2D eigenvalue weighted by atomic mass is 79.9. The topological polar surface area (TPSA) is 67.2 Å². The van der Waals surface area contributed by atoms with E-state index in [-0.39, 0.29) is 12.5 Å². The number of hydrogen-bond acceptors (Lipinski definition) is 4. The summed E-state index contributed by atoms with van der Waals surface area (Å²) in [7, 11) is 0. The molecule has 0 spiro atoms. The summed E-state index contributed by atoms with van der Waals surface area (Å²) in [5.74, 6) is 1.03. The first kappa shape index (κ1) is 19.6. The predicted octanol–water partition coefficient (Wildman–Crippen LogP) is 4.03. The minimum Gasteiger partial charge on any atom is -0.356 e. The molecule has 1 fully saturated rings. The van der Waals surface area contributed by atoms with Gasteiger partial charge in [0.25, 0.3) is 0 Å². The van der Waals surface area contributed by atoms with Crippen molar-refractivity contribution >= 4 is 44.2 Å². The van der Waals surface area contributed by atoms with Gasteiger partial charge in [-0.3, -0.25) is 9.36 Å². The number of amides is 1. The largest absolute Gasteiger partial charge is 0.356 e. The van der Waals surface area contributed by atoms with E-state index in [1.54, 1.807) is 0 Å². The lowest BCUT2D eigenvalue weighted by Gasteiger charge is -2.32. The van der Waals surface area contributed by atoms with Crippen LogP contribution in [-0.4, -0.2) is 28.5 Å². The van der Waals surface area contributed by atoms with Crippen LogP contribution in [-0.2, 0) is 11.3 Å². The summed E-state index contributed by atoms with van der Waals surface area (Å²) < 4.78 is 2.38. The van der Waals surface area contributed by atoms with Crippen LogP contribution < -0.4 is 15.9 Å². The van der Waals surface area contributed by atoms with Gasteiger partial charge in [-0.1, -0.05) is 35.0 Å². The van der Waals surface area contributed by atoms with Crippen molar-refractivity contribution < 1.29 is 4.79 Å². The fourth-order valence-corrected chi connectivity index (χ4v) is 4.13. The molecule has 7 heteroatoms. The van der Waals surface area contributed by atoms with Crippen molar-refractivity contribution in [3.05, 3.63) is 63.5 Å². The lowest BCUT2D eigenvalue weighted by molar-refractivity contribution is -0.116. The molecule has 3 aromatic rings. The summed E-state index contributed by atoms with van der Waals surface area (Å²) in [5, 5.41) is 3.74. The minimum atomic E-state index is -0.400. The van der Waals surface area contributed by atoms with Gasteiger partial charge in [0.05, 0.1) is 5.52 Å². The van der Waals surface area contributed by atoms with Gasteiger partial charge in [-0.25, -0.2) is 4.79 Å². The molecule has 1 unspecified atom stereocenters. The normalized spacial score (nSPS) is 16.8. The molecule has 1 saturated heterocycles. The smallest absolute Gasteiger partial charge is 0.350 e. The van der Waals surface area contributed by atoms with Crippen molar-refractivity contribution in [3.8, 4) is 0 Å². The van der Waals surface area contributed by atoms with Gasteiger partial charge in [0, 0.05) is 28.6 Å². The van der Waals surface area contributed by atoms with E-state index in [4.69, 9.17) is 0 Å². The number of para-hydroxylation sites is 1. The number of fused-ring (bicyclic) bond motifs is 1. The summed E-state index contributed by atoms with van der Waals surface area (Å²) >= 11 is 3.37. The van der Waals surface area contributed by atoms with Crippen LogP contribution >= 0.6 is 15.9 Å². The minimum absolute atomic E-state index is 0.0842. The highest BCUT2D eigenvalue weighted by Crippen LogP contribution is 2.27. The summed E-state index contributed by atoms with van der Waals surface area (Å²) in [6.07, 6.45) is 2.29. The number of halogens is 1. The first-order chi connectivity index (χ1) is 14.0. The summed E-state index contributed by atoms with van der Waals surface area (Å²) in [6.45, 7) is 3.93. The van der Waals surface area contributed by atoms with E-state index in [2.05, 4.69) is 38.1 Å². The van der Waals surface area contributed by atoms with Crippen LogP contribution in [0.1, 0.15) is 19.8 Å². The van der Waals surface area contributed by atoms with Crippen LogP contribution in [0, 0.1) is 5.92 Å². The number of rotatable bonds is 4. The zero-order chi connectivity index (χ0) is 20.4. The lowest BCUT2D eigenvalue weighted by Crippen LogP contribution is -2.38. The first-order valence-electron chi connectivity index (χ1n) is 9.81. The quantitative estimate of drug-likeness (QED) is 0.645. The van der Waals surface area contributed by atoms with E-state index >= 15 is 0 Å². The molecular weight excluding hydrogens is 432 g/mol. The average Bonchev–Trinajstić information content (AvgIpc) is 2.71. The second kappa shape index (κ2) is 8.37. The van der Waals surface area contributed by atoms with Crippen LogP contribution in [0.4, 0.5) is 11.5 Å². The Bertz CT molecular complexity index is 1090. The number of aromatic nitrogens is 2. The molecule has 29 heavy (non-hydrogen) atoms. The molecule has 2 heterocycles. The number of hydrogen-bond donors (Lipinski definition) is 1. The third-order valence-corrected chi connectivity index (χ3v) is 5.78. The Morgan fingerprint density at radius 1 is 1.21 bits per heavy atom. The molecule has 0 bridgehead atoms. The Morgan fingerprint density at radius 3 is 2.72 bits per heavy atom. The Morgan fingerprint density at radius 2 is 1.97 bits per heavy atom. The van der Waals surface area contributed by atoms with Crippen LogP contribution in [0.3, 0.4) is 0 Å². The highest BCUT2D eigenvalue weighted by molar-refractivity contribution is 9.10. The van der Waals surface area contributed by atoms with Gasteiger partial charge in [-0.15, -0.1) is 0 Å². The Labute approximate surface area is 177 Å². The number of carbonyl (C=O) groups is 1. The summed E-state index contributed by atoms with van der Waals surface area (Å²) in [6, 6.07) is 15.0. The average molecular weight is 455 g/mol. The van der Waals surface area contributed by atoms with Crippen molar-refractivity contribution in [1.29, 1.82) is 0 Å². The molecule has 6 nitrogen and oxygen atoms in total. The zero-order valence-electron chi connectivity index (χ0n) is 16.3. The van der Waals surface area contributed by atoms with Crippen molar-refractivity contribution in [1.82, 2.24) is 9.55 Å². The molecule has 0 saturated carbocycles. The monoisotopic (exact) mass is 454 g/mol. The number of benzene rings is 2. The van der Waals surface area contributed by atoms with Gasteiger partial charge in [0.2, 0.25) is 5.91 Å². The highest BCUT2D eigenvalue weighted by Gasteiger charge is 2.21. The second-order valence-corrected chi connectivity index (χ2v) is 8.49. The third kappa shape index (κ3) is 4.34. The molecule has 4 rings (SSSR count). The zero-order valence-corrected chi connectivity index (χ0v) is 17.9. The van der Waals surface area contributed by atoms with Gasteiger partial charge < -0.3 is 10.2 Å². The molecule has 0 aliphatic carbocycles. The van der Waals surface area contributed by atoms with E-state index in [0.717, 1.165) is 40.7 Å². The predicted molar refractivity (Wildman–Crippen MR) is 119 cm³/mol. The fourth-order valence-electron chi connectivity index (χ4n) is 3.87.